The van der Waals surface area contributed by atoms with Crippen LogP contribution in [0.5, 0.6) is 0 Å². The van der Waals surface area contributed by atoms with Gasteiger partial charge in [0.15, 0.2) is 0 Å². The zero-order valence-corrected chi connectivity index (χ0v) is 8.21. The minimum atomic E-state index is -0.152. The Morgan fingerprint density at radius 1 is 1.33 bits per heavy atom. The van der Waals surface area contributed by atoms with Crippen LogP contribution >= 0.6 is 0 Å². The number of hydrogen-bond acceptors (Lipinski definition) is 4. The van der Waals surface area contributed by atoms with Gasteiger partial charge >= 0.3 is 0 Å². The van der Waals surface area contributed by atoms with E-state index in [1.807, 2.05) is 0 Å². The van der Waals surface area contributed by atoms with Crippen molar-refractivity contribution in [3.63, 3.8) is 0 Å². The molecular formula is C10H10N4O. The number of anilines is 1. The first-order chi connectivity index (χ1) is 7.18. The maximum atomic E-state index is 11.1. The number of pyridine rings is 1. The fourth-order valence-corrected chi connectivity index (χ4v) is 1.27. The molecule has 76 valence electrons. The molecule has 0 aliphatic rings. The summed E-state index contributed by atoms with van der Waals surface area (Å²) in [6.07, 6.45) is 3.24. The monoisotopic (exact) mass is 202 g/mol. The molecule has 0 saturated carbocycles. The van der Waals surface area contributed by atoms with Crippen molar-refractivity contribution in [2.45, 2.75) is 0 Å². The van der Waals surface area contributed by atoms with Gasteiger partial charge in [0.05, 0.1) is 5.69 Å². The first kappa shape index (κ1) is 9.39. The number of nitrogen functional groups attached to an aromatic ring is 1. The molecule has 15 heavy (non-hydrogen) atoms. The topological polar surface area (TPSA) is 73.8 Å². The fraction of sp³-hybridized carbons (Fsp3) is 0.100. The maximum absolute atomic E-state index is 11.1. The van der Waals surface area contributed by atoms with Gasteiger partial charge < -0.3 is 5.73 Å². The third-order valence-electron chi connectivity index (χ3n) is 2.09. The van der Waals surface area contributed by atoms with Crippen LogP contribution in [-0.4, -0.2) is 14.8 Å². The summed E-state index contributed by atoms with van der Waals surface area (Å²) in [5, 5.41) is 4.09. The van der Waals surface area contributed by atoms with E-state index in [1.165, 1.54) is 10.7 Å². The lowest BCUT2D eigenvalue weighted by Crippen LogP contribution is -2.18. The van der Waals surface area contributed by atoms with Crippen LogP contribution in [0.4, 0.5) is 5.69 Å². The molecule has 0 aliphatic carbocycles. The molecule has 2 aromatic rings. The lowest BCUT2D eigenvalue weighted by molar-refractivity contribution is 0.712. The third kappa shape index (κ3) is 1.71. The summed E-state index contributed by atoms with van der Waals surface area (Å²) in [4.78, 5) is 15.1. The van der Waals surface area contributed by atoms with Gasteiger partial charge in [-0.3, -0.25) is 9.78 Å². The largest absolute Gasteiger partial charge is 0.398 e. The fourth-order valence-electron chi connectivity index (χ4n) is 1.27. The molecule has 0 unspecified atom stereocenters. The molecule has 5 nitrogen and oxygen atoms in total. The van der Waals surface area contributed by atoms with Crippen LogP contribution in [0, 0.1) is 0 Å². The van der Waals surface area contributed by atoms with Crippen molar-refractivity contribution in [1.82, 2.24) is 14.8 Å². The maximum Gasteiger partial charge on any atom is 0.266 e. The van der Waals surface area contributed by atoms with Crippen LogP contribution in [0.3, 0.4) is 0 Å². The Balaban J connectivity index is 2.60. The second kappa shape index (κ2) is 3.53. The summed E-state index contributed by atoms with van der Waals surface area (Å²) < 4.78 is 1.27. The van der Waals surface area contributed by atoms with E-state index in [0.717, 1.165) is 5.56 Å². The average molecular weight is 202 g/mol. The van der Waals surface area contributed by atoms with Crippen LogP contribution < -0.4 is 11.3 Å². The summed E-state index contributed by atoms with van der Waals surface area (Å²) in [5.74, 6) is 0. The smallest absolute Gasteiger partial charge is 0.266 e. The van der Waals surface area contributed by atoms with E-state index in [0.29, 0.717) is 11.4 Å². The van der Waals surface area contributed by atoms with E-state index in [9.17, 15) is 4.79 Å². The van der Waals surface area contributed by atoms with Gasteiger partial charge in [0.1, 0.15) is 0 Å². The molecule has 2 rings (SSSR count). The van der Waals surface area contributed by atoms with Crippen LogP contribution in [0.15, 0.2) is 35.4 Å². The lowest BCUT2D eigenvalue weighted by Gasteiger charge is -2.04. The van der Waals surface area contributed by atoms with E-state index in [2.05, 4.69) is 10.1 Å². The van der Waals surface area contributed by atoms with Crippen LogP contribution in [-0.2, 0) is 7.05 Å². The summed E-state index contributed by atoms with van der Waals surface area (Å²) in [6, 6.07) is 4.78. The quantitative estimate of drug-likeness (QED) is 0.727. The predicted octanol–water partition coefficient (Wildman–Crippen LogP) is 0.424. The van der Waals surface area contributed by atoms with Gasteiger partial charge in [-0.25, -0.2) is 4.68 Å². The third-order valence-corrected chi connectivity index (χ3v) is 2.09. The van der Waals surface area contributed by atoms with Gasteiger partial charge in [0.2, 0.25) is 0 Å². The molecule has 0 amide bonds. The van der Waals surface area contributed by atoms with Gasteiger partial charge in [-0.15, -0.1) is 0 Å². The highest BCUT2D eigenvalue weighted by molar-refractivity contribution is 5.71. The number of rotatable bonds is 1. The standard InChI is InChI=1S/C10H10N4O/c1-14-10(15)3-2-9(13-14)7-6-12-5-4-8(7)11/h2-6H,1H3,(H2,11,12). The highest BCUT2D eigenvalue weighted by Gasteiger charge is 2.04. The van der Waals surface area contributed by atoms with Crippen LogP contribution in [0.1, 0.15) is 0 Å². The Morgan fingerprint density at radius 2 is 2.13 bits per heavy atom. The molecule has 0 aromatic carbocycles. The van der Waals surface area contributed by atoms with Crippen molar-refractivity contribution in [2.24, 2.45) is 7.05 Å². The lowest BCUT2D eigenvalue weighted by atomic mass is 10.2. The molecule has 0 spiro atoms. The van der Waals surface area contributed by atoms with Gasteiger partial charge in [0.25, 0.3) is 5.56 Å². The molecule has 2 aromatic heterocycles. The number of aromatic nitrogens is 3. The molecule has 2 heterocycles. The first-order valence-electron chi connectivity index (χ1n) is 4.42. The number of nitrogens with zero attached hydrogens (tertiary/aromatic N) is 3. The predicted molar refractivity (Wildman–Crippen MR) is 57.1 cm³/mol. The average Bonchev–Trinajstić information content (AvgIpc) is 2.23. The summed E-state index contributed by atoms with van der Waals surface area (Å²) in [5.41, 5.74) is 7.59. The van der Waals surface area contributed by atoms with Gasteiger partial charge in [0, 0.05) is 36.8 Å². The molecular weight excluding hydrogens is 192 g/mol. The zero-order chi connectivity index (χ0) is 10.8. The minimum Gasteiger partial charge on any atom is -0.398 e. The highest BCUT2D eigenvalue weighted by atomic mass is 16.1. The summed E-state index contributed by atoms with van der Waals surface area (Å²) >= 11 is 0. The molecule has 0 bridgehead atoms. The normalized spacial score (nSPS) is 10.2. The number of aryl methyl sites for hydroxylation is 1. The number of hydrogen-bond donors (Lipinski definition) is 1. The second-order valence-electron chi connectivity index (χ2n) is 3.14. The van der Waals surface area contributed by atoms with Crippen molar-refractivity contribution in [3.8, 4) is 11.3 Å². The minimum absolute atomic E-state index is 0.152. The molecule has 0 radical (unpaired) electrons. The van der Waals surface area contributed by atoms with Gasteiger partial charge in [-0.1, -0.05) is 0 Å². The summed E-state index contributed by atoms with van der Waals surface area (Å²) in [7, 11) is 1.60. The Labute approximate surface area is 86.2 Å². The van der Waals surface area contributed by atoms with Crippen LogP contribution in [0.2, 0.25) is 0 Å². The molecule has 5 heteroatoms. The molecule has 0 saturated heterocycles. The molecule has 0 fully saturated rings. The van der Waals surface area contributed by atoms with Gasteiger partial charge in [-0.2, -0.15) is 5.10 Å². The van der Waals surface area contributed by atoms with E-state index in [4.69, 9.17) is 5.73 Å². The van der Waals surface area contributed by atoms with Crippen molar-refractivity contribution < 1.29 is 0 Å². The van der Waals surface area contributed by atoms with Gasteiger partial charge in [-0.05, 0) is 12.1 Å². The Hall–Kier alpha value is -2.17. The SMILES string of the molecule is Cn1nc(-c2cnccc2N)ccc1=O. The molecule has 0 aliphatic heterocycles. The first-order valence-corrected chi connectivity index (χ1v) is 4.42. The Bertz CT molecular complexity index is 547. The Kier molecular flexibility index (Phi) is 2.21. The van der Waals surface area contributed by atoms with Crippen molar-refractivity contribution >= 4 is 5.69 Å². The number of nitrogens with two attached hydrogens (primary N) is 1. The summed E-state index contributed by atoms with van der Waals surface area (Å²) in [6.45, 7) is 0. The molecule has 2 N–H and O–H groups in total. The van der Waals surface area contributed by atoms with E-state index >= 15 is 0 Å². The van der Waals surface area contributed by atoms with Crippen molar-refractivity contribution in [3.05, 3.63) is 40.9 Å². The van der Waals surface area contributed by atoms with E-state index in [1.54, 1.807) is 31.6 Å². The van der Waals surface area contributed by atoms with Crippen LogP contribution in [0.25, 0.3) is 11.3 Å². The molecule has 0 atom stereocenters. The van der Waals surface area contributed by atoms with E-state index in [-0.39, 0.29) is 5.56 Å². The second-order valence-corrected chi connectivity index (χ2v) is 3.14. The van der Waals surface area contributed by atoms with Crippen molar-refractivity contribution in [1.29, 1.82) is 0 Å². The van der Waals surface area contributed by atoms with Crippen molar-refractivity contribution in [2.75, 3.05) is 5.73 Å². The van der Waals surface area contributed by atoms with E-state index < -0.39 is 0 Å². The zero-order valence-electron chi connectivity index (χ0n) is 8.21. The highest BCUT2D eigenvalue weighted by Crippen LogP contribution is 2.20. The Morgan fingerprint density at radius 3 is 2.80 bits per heavy atom.